The van der Waals surface area contributed by atoms with Crippen molar-refractivity contribution in [1.82, 2.24) is 4.98 Å². The van der Waals surface area contributed by atoms with Crippen LogP contribution in [0.3, 0.4) is 0 Å². The van der Waals surface area contributed by atoms with Crippen molar-refractivity contribution in [2.45, 2.75) is 6.10 Å². The summed E-state index contributed by atoms with van der Waals surface area (Å²) in [5, 5.41) is 9.79. The van der Waals surface area contributed by atoms with Crippen LogP contribution < -0.4 is 0 Å². The van der Waals surface area contributed by atoms with Crippen LogP contribution in [0.5, 0.6) is 0 Å². The lowest BCUT2D eigenvalue weighted by molar-refractivity contribution is 0.238. The van der Waals surface area contributed by atoms with E-state index in [2.05, 4.69) is 16.8 Å². The molecule has 0 saturated heterocycles. The molecule has 0 fully saturated rings. The van der Waals surface area contributed by atoms with Gasteiger partial charge in [-0.25, -0.2) is 0 Å². The minimum atomic E-state index is -0.741. The normalized spacial score (nSPS) is 11.3. The maximum absolute atomic E-state index is 9.79. The summed E-state index contributed by atoms with van der Waals surface area (Å²) in [4.78, 5) is 3.90. The van der Waals surface area contributed by atoms with Crippen molar-refractivity contribution in [3.05, 3.63) is 66.0 Å². The lowest BCUT2D eigenvalue weighted by Crippen LogP contribution is -1.92. The summed E-state index contributed by atoms with van der Waals surface area (Å²) in [5.41, 5.74) is 1.66. The third-order valence-corrected chi connectivity index (χ3v) is 2.15. The Labute approximate surface area is 94.6 Å². The van der Waals surface area contributed by atoms with E-state index in [1.54, 1.807) is 12.4 Å². The lowest BCUT2D eigenvalue weighted by Gasteiger charge is -2.01. The summed E-state index contributed by atoms with van der Waals surface area (Å²) >= 11 is 0. The van der Waals surface area contributed by atoms with Crippen LogP contribution in [0, 0.1) is 11.8 Å². The molecule has 0 radical (unpaired) electrons. The van der Waals surface area contributed by atoms with Gasteiger partial charge in [-0.2, -0.15) is 0 Å². The highest BCUT2D eigenvalue weighted by Crippen LogP contribution is 2.10. The first-order valence-electron chi connectivity index (χ1n) is 5.01. The van der Waals surface area contributed by atoms with E-state index in [9.17, 15) is 5.11 Å². The van der Waals surface area contributed by atoms with Gasteiger partial charge in [-0.15, -0.1) is 0 Å². The molecule has 1 aromatic heterocycles. The lowest BCUT2D eigenvalue weighted by atomic mass is 10.1. The van der Waals surface area contributed by atoms with Crippen LogP contribution >= 0.6 is 0 Å². The molecule has 0 saturated carbocycles. The van der Waals surface area contributed by atoms with Gasteiger partial charge in [0.1, 0.15) is 6.10 Å². The maximum Gasteiger partial charge on any atom is 0.140 e. The number of hydrogen-bond donors (Lipinski definition) is 1. The Morgan fingerprint density at radius 3 is 2.38 bits per heavy atom. The average molecular weight is 209 g/mol. The zero-order valence-corrected chi connectivity index (χ0v) is 8.67. The molecule has 0 aliphatic heterocycles. The van der Waals surface area contributed by atoms with Gasteiger partial charge in [0, 0.05) is 18.0 Å². The van der Waals surface area contributed by atoms with Gasteiger partial charge in [0.25, 0.3) is 0 Å². The smallest absolute Gasteiger partial charge is 0.140 e. The van der Waals surface area contributed by atoms with E-state index in [0.717, 1.165) is 11.1 Å². The van der Waals surface area contributed by atoms with E-state index >= 15 is 0 Å². The zero-order valence-electron chi connectivity index (χ0n) is 8.67. The molecule has 1 N–H and O–H groups in total. The predicted octanol–water partition coefficient (Wildman–Crippen LogP) is 2.17. The SMILES string of the molecule is O[C@H](C#Cc1ccncc1)c1ccccc1. The zero-order chi connectivity index (χ0) is 11.2. The van der Waals surface area contributed by atoms with Gasteiger partial charge >= 0.3 is 0 Å². The fourth-order valence-corrected chi connectivity index (χ4v) is 1.31. The Morgan fingerprint density at radius 2 is 1.69 bits per heavy atom. The van der Waals surface area contributed by atoms with Gasteiger partial charge in [0.2, 0.25) is 0 Å². The first kappa shape index (κ1) is 10.4. The molecule has 78 valence electrons. The summed E-state index contributed by atoms with van der Waals surface area (Å²) in [6, 6.07) is 13.0. The molecule has 1 heterocycles. The first-order chi connectivity index (χ1) is 7.86. The largest absolute Gasteiger partial charge is 0.376 e. The Morgan fingerprint density at radius 1 is 1.00 bits per heavy atom. The van der Waals surface area contributed by atoms with Crippen molar-refractivity contribution < 1.29 is 5.11 Å². The van der Waals surface area contributed by atoms with Gasteiger partial charge in [0.15, 0.2) is 0 Å². The van der Waals surface area contributed by atoms with Crippen molar-refractivity contribution in [3.8, 4) is 11.8 Å². The molecule has 0 bridgehead atoms. The molecule has 1 aromatic carbocycles. The third kappa shape index (κ3) is 2.69. The quantitative estimate of drug-likeness (QED) is 0.730. The number of nitrogens with zero attached hydrogens (tertiary/aromatic N) is 1. The molecule has 0 amide bonds. The molecule has 0 aliphatic carbocycles. The van der Waals surface area contributed by atoms with Crippen LogP contribution in [-0.4, -0.2) is 10.1 Å². The van der Waals surface area contributed by atoms with E-state index in [-0.39, 0.29) is 0 Å². The van der Waals surface area contributed by atoms with E-state index < -0.39 is 6.10 Å². The Bertz CT molecular complexity index is 497. The molecular weight excluding hydrogens is 198 g/mol. The van der Waals surface area contributed by atoms with Gasteiger partial charge in [-0.1, -0.05) is 42.2 Å². The van der Waals surface area contributed by atoms with Crippen LogP contribution in [0.4, 0.5) is 0 Å². The molecule has 0 aliphatic rings. The van der Waals surface area contributed by atoms with E-state index in [1.807, 2.05) is 42.5 Å². The van der Waals surface area contributed by atoms with Gasteiger partial charge in [-0.3, -0.25) is 4.98 Å². The molecule has 2 aromatic rings. The molecular formula is C14H11NO. The summed E-state index contributed by atoms with van der Waals surface area (Å²) in [5.74, 6) is 5.70. The Kier molecular flexibility index (Phi) is 3.32. The number of hydrogen-bond acceptors (Lipinski definition) is 2. The van der Waals surface area contributed by atoms with Gasteiger partial charge < -0.3 is 5.11 Å². The summed E-state index contributed by atoms with van der Waals surface area (Å²) < 4.78 is 0. The van der Waals surface area contributed by atoms with Crippen LogP contribution in [0.2, 0.25) is 0 Å². The Hall–Kier alpha value is -2.11. The number of rotatable bonds is 1. The molecule has 2 nitrogen and oxygen atoms in total. The molecule has 0 spiro atoms. The van der Waals surface area contributed by atoms with Gasteiger partial charge in [-0.05, 0) is 17.7 Å². The van der Waals surface area contributed by atoms with Crippen LogP contribution in [0.1, 0.15) is 17.2 Å². The van der Waals surface area contributed by atoms with Crippen LogP contribution in [0.15, 0.2) is 54.9 Å². The second-order valence-corrected chi connectivity index (χ2v) is 3.32. The molecule has 16 heavy (non-hydrogen) atoms. The fourth-order valence-electron chi connectivity index (χ4n) is 1.31. The highest BCUT2D eigenvalue weighted by Gasteiger charge is 2.00. The number of benzene rings is 1. The predicted molar refractivity (Wildman–Crippen MR) is 62.5 cm³/mol. The second kappa shape index (κ2) is 5.11. The topological polar surface area (TPSA) is 33.1 Å². The van der Waals surface area contributed by atoms with Crippen LogP contribution in [0.25, 0.3) is 0 Å². The number of aliphatic hydroxyl groups is 1. The first-order valence-corrected chi connectivity index (χ1v) is 5.01. The summed E-state index contributed by atoms with van der Waals surface area (Å²) in [6.45, 7) is 0. The number of aliphatic hydroxyl groups excluding tert-OH is 1. The molecule has 1 atom stereocenters. The number of aromatic nitrogens is 1. The minimum Gasteiger partial charge on any atom is -0.376 e. The second-order valence-electron chi connectivity index (χ2n) is 3.32. The van der Waals surface area contributed by atoms with Crippen molar-refractivity contribution in [3.63, 3.8) is 0 Å². The summed E-state index contributed by atoms with van der Waals surface area (Å²) in [6.07, 6.45) is 2.62. The van der Waals surface area contributed by atoms with Crippen molar-refractivity contribution in [2.75, 3.05) is 0 Å². The Balaban J connectivity index is 2.15. The van der Waals surface area contributed by atoms with Crippen molar-refractivity contribution >= 4 is 0 Å². The average Bonchev–Trinajstić information content (AvgIpc) is 2.38. The van der Waals surface area contributed by atoms with E-state index in [0.29, 0.717) is 0 Å². The van der Waals surface area contributed by atoms with Crippen molar-refractivity contribution in [2.24, 2.45) is 0 Å². The third-order valence-electron chi connectivity index (χ3n) is 2.15. The maximum atomic E-state index is 9.79. The fraction of sp³-hybridized carbons (Fsp3) is 0.0714. The van der Waals surface area contributed by atoms with Crippen molar-refractivity contribution in [1.29, 1.82) is 0 Å². The minimum absolute atomic E-state index is 0.741. The number of pyridine rings is 1. The molecule has 0 unspecified atom stereocenters. The van der Waals surface area contributed by atoms with Crippen LogP contribution in [-0.2, 0) is 0 Å². The monoisotopic (exact) mass is 209 g/mol. The summed E-state index contributed by atoms with van der Waals surface area (Å²) in [7, 11) is 0. The van der Waals surface area contributed by atoms with E-state index in [1.165, 1.54) is 0 Å². The molecule has 2 rings (SSSR count). The standard InChI is InChI=1S/C14H11NO/c16-14(13-4-2-1-3-5-13)7-6-12-8-10-15-11-9-12/h1-5,8-11,14,16H/t14-/m1/s1. The molecule has 2 heteroatoms. The highest BCUT2D eigenvalue weighted by atomic mass is 16.3. The highest BCUT2D eigenvalue weighted by molar-refractivity contribution is 5.35. The van der Waals surface area contributed by atoms with Gasteiger partial charge in [0.05, 0.1) is 0 Å². The van der Waals surface area contributed by atoms with E-state index in [4.69, 9.17) is 0 Å².